The van der Waals surface area contributed by atoms with E-state index in [1.807, 2.05) is 18.2 Å². The number of rotatable bonds is 5. The van der Waals surface area contributed by atoms with E-state index in [0.29, 0.717) is 5.92 Å². The summed E-state index contributed by atoms with van der Waals surface area (Å²) in [6, 6.07) is 23.1. The van der Waals surface area contributed by atoms with Gasteiger partial charge in [0.2, 0.25) is 0 Å². The molecular weight excluding hydrogens is 344 g/mol. The van der Waals surface area contributed by atoms with Gasteiger partial charge in [-0.3, -0.25) is 9.69 Å². The number of pyridine rings is 1. The standard InChI is InChI=1S/C25H26N2O/c28-25-24(7-4-16-26-25)19-27-17-14-21(15-18-27)9-8-20-10-12-23(13-11-20)22-5-2-1-3-6-22/h1-13,16,21H,14-15,17-19H2,(H,26,28). The molecule has 1 aliphatic rings. The first-order valence-corrected chi connectivity index (χ1v) is 10.0. The van der Waals surface area contributed by atoms with E-state index in [-0.39, 0.29) is 5.56 Å². The molecule has 1 aromatic heterocycles. The van der Waals surface area contributed by atoms with E-state index in [4.69, 9.17) is 0 Å². The van der Waals surface area contributed by atoms with Crippen molar-refractivity contribution in [1.82, 2.24) is 9.88 Å². The van der Waals surface area contributed by atoms with E-state index in [0.717, 1.165) is 38.0 Å². The molecule has 2 aromatic carbocycles. The van der Waals surface area contributed by atoms with Crippen molar-refractivity contribution in [3.05, 3.63) is 100 Å². The van der Waals surface area contributed by atoms with Gasteiger partial charge in [-0.1, -0.05) is 72.8 Å². The van der Waals surface area contributed by atoms with Gasteiger partial charge in [-0.2, -0.15) is 0 Å². The summed E-state index contributed by atoms with van der Waals surface area (Å²) in [7, 11) is 0. The van der Waals surface area contributed by atoms with Gasteiger partial charge in [0.05, 0.1) is 0 Å². The molecule has 0 atom stereocenters. The number of allylic oxidation sites excluding steroid dienone is 1. The number of hydrogen-bond acceptors (Lipinski definition) is 2. The monoisotopic (exact) mass is 370 g/mol. The number of benzene rings is 2. The van der Waals surface area contributed by atoms with Crippen molar-refractivity contribution >= 4 is 6.08 Å². The molecule has 0 unspecified atom stereocenters. The van der Waals surface area contributed by atoms with Crippen LogP contribution in [-0.4, -0.2) is 23.0 Å². The minimum atomic E-state index is 0.0310. The van der Waals surface area contributed by atoms with Crippen molar-refractivity contribution in [3.63, 3.8) is 0 Å². The number of likely N-dealkylation sites (tertiary alicyclic amines) is 1. The minimum Gasteiger partial charge on any atom is -0.329 e. The fraction of sp³-hybridized carbons (Fsp3) is 0.240. The molecule has 3 heteroatoms. The second-order valence-corrected chi connectivity index (χ2v) is 7.49. The summed E-state index contributed by atoms with van der Waals surface area (Å²) < 4.78 is 0. The summed E-state index contributed by atoms with van der Waals surface area (Å²) in [6.45, 7) is 2.82. The third-order valence-corrected chi connectivity index (χ3v) is 5.50. The van der Waals surface area contributed by atoms with Crippen LogP contribution in [0.1, 0.15) is 24.0 Å². The summed E-state index contributed by atoms with van der Waals surface area (Å²) in [5, 5.41) is 0. The molecule has 1 saturated heterocycles. The van der Waals surface area contributed by atoms with Gasteiger partial charge < -0.3 is 4.98 Å². The Balaban J connectivity index is 1.30. The minimum absolute atomic E-state index is 0.0310. The number of nitrogens with one attached hydrogen (secondary N) is 1. The Bertz CT molecular complexity index is 965. The Morgan fingerprint density at radius 2 is 1.61 bits per heavy atom. The molecule has 0 saturated carbocycles. The molecular formula is C25H26N2O. The molecule has 3 nitrogen and oxygen atoms in total. The van der Waals surface area contributed by atoms with Crippen molar-refractivity contribution in [2.75, 3.05) is 13.1 Å². The van der Waals surface area contributed by atoms with Gasteiger partial charge in [0.15, 0.2) is 0 Å². The van der Waals surface area contributed by atoms with E-state index in [1.54, 1.807) is 6.20 Å². The number of hydrogen-bond donors (Lipinski definition) is 1. The van der Waals surface area contributed by atoms with Crippen LogP contribution in [0.3, 0.4) is 0 Å². The quantitative estimate of drug-likeness (QED) is 0.688. The van der Waals surface area contributed by atoms with Crippen LogP contribution < -0.4 is 5.56 Å². The fourth-order valence-corrected chi connectivity index (χ4v) is 3.79. The van der Waals surface area contributed by atoms with E-state index in [2.05, 4.69) is 70.6 Å². The lowest BCUT2D eigenvalue weighted by Crippen LogP contribution is -2.34. The average molecular weight is 370 g/mol. The second kappa shape index (κ2) is 8.85. The summed E-state index contributed by atoms with van der Waals surface area (Å²) in [5.74, 6) is 0.610. The van der Waals surface area contributed by atoms with Crippen LogP contribution in [-0.2, 0) is 6.54 Å². The number of nitrogens with zero attached hydrogens (tertiary/aromatic N) is 1. The first-order chi connectivity index (χ1) is 13.8. The highest BCUT2D eigenvalue weighted by Crippen LogP contribution is 2.22. The highest BCUT2D eigenvalue weighted by Gasteiger charge is 2.18. The van der Waals surface area contributed by atoms with Gasteiger partial charge in [-0.15, -0.1) is 0 Å². The molecule has 0 radical (unpaired) electrons. The number of aromatic nitrogens is 1. The predicted octanol–water partition coefficient (Wildman–Crippen LogP) is 4.97. The van der Waals surface area contributed by atoms with Crippen LogP contribution in [0.15, 0.2) is 83.8 Å². The molecule has 28 heavy (non-hydrogen) atoms. The molecule has 3 aromatic rings. The molecule has 0 spiro atoms. The largest absolute Gasteiger partial charge is 0.329 e. The maximum absolute atomic E-state index is 11.8. The molecule has 0 bridgehead atoms. The zero-order valence-electron chi connectivity index (χ0n) is 16.1. The van der Waals surface area contributed by atoms with Crippen LogP contribution in [0, 0.1) is 5.92 Å². The zero-order valence-corrected chi connectivity index (χ0v) is 16.1. The predicted molar refractivity (Wildman–Crippen MR) is 116 cm³/mol. The Morgan fingerprint density at radius 1 is 0.893 bits per heavy atom. The molecule has 1 aliphatic heterocycles. The summed E-state index contributed by atoms with van der Waals surface area (Å²) in [5.41, 5.74) is 4.64. The normalized spacial score (nSPS) is 15.9. The van der Waals surface area contributed by atoms with Gasteiger partial charge >= 0.3 is 0 Å². The van der Waals surface area contributed by atoms with Gasteiger partial charge in [0.1, 0.15) is 0 Å². The first-order valence-electron chi connectivity index (χ1n) is 10.0. The molecule has 0 amide bonds. The first kappa shape index (κ1) is 18.5. The molecule has 2 heterocycles. The van der Waals surface area contributed by atoms with Crippen molar-refractivity contribution in [2.45, 2.75) is 19.4 Å². The lowest BCUT2D eigenvalue weighted by atomic mass is 9.95. The van der Waals surface area contributed by atoms with Gasteiger partial charge in [0.25, 0.3) is 5.56 Å². The highest BCUT2D eigenvalue weighted by molar-refractivity contribution is 5.65. The third-order valence-electron chi connectivity index (χ3n) is 5.50. The lowest BCUT2D eigenvalue weighted by molar-refractivity contribution is 0.195. The molecule has 142 valence electrons. The van der Waals surface area contributed by atoms with Crippen molar-refractivity contribution in [1.29, 1.82) is 0 Å². The number of H-pyrrole nitrogens is 1. The average Bonchev–Trinajstić information content (AvgIpc) is 2.76. The number of aromatic amines is 1. The van der Waals surface area contributed by atoms with Crippen LogP contribution in [0.5, 0.6) is 0 Å². The van der Waals surface area contributed by atoms with E-state index >= 15 is 0 Å². The highest BCUT2D eigenvalue weighted by atomic mass is 16.1. The topological polar surface area (TPSA) is 36.1 Å². The second-order valence-electron chi connectivity index (χ2n) is 7.49. The Kier molecular flexibility index (Phi) is 5.83. The van der Waals surface area contributed by atoms with Crippen LogP contribution in [0.4, 0.5) is 0 Å². The number of piperidine rings is 1. The van der Waals surface area contributed by atoms with Gasteiger partial charge in [0, 0.05) is 18.3 Å². The van der Waals surface area contributed by atoms with Crippen molar-refractivity contribution in [3.8, 4) is 11.1 Å². The van der Waals surface area contributed by atoms with Crippen LogP contribution >= 0.6 is 0 Å². The Hall–Kier alpha value is -2.91. The Morgan fingerprint density at radius 3 is 2.32 bits per heavy atom. The zero-order chi connectivity index (χ0) is 19.2. The van der Waals surface area contributed by atoms with E-state index < -0.39 is 0 Å². The summed E-state index contributed by atoms with van der Waals surface area (Å²) in [4.78, 5) is 17.0. The van der Waals surface area contributed by atoms with Gasteiger partial charge in [-0.25, -0.2) is 0 Å². The maximum Gasteiger partial charge on any atom is 0.252 e. The third kappa shape index (κ3) is 4.68. The molecule has 4 rings (SSSR count). The molecule has 0 aliphatic carbocycles. The van der Waals surface area contributed by atoms with Gasteiger partial charge in [-0.05, 0) is 54.6 Å². The maximum atomic E-state index is 11.8. The Labute approximate surface area is 166 Å². The SMILES string of the molecule is O=c1[nH]cccc1CN1CCC(C=Cc2ccc(-c3ccccc3)cc2)CC1. The van der Waals surface area contributed by atoms with E-state index in [9.17, 15) is 4.79 Å². The fourth-order valence-electron chi connectivity index (χ4n) is 3.79. The smallest absolute Gasteiger partial charge is 0.252 e. The van der Waals surface area contributed by atoms with E-state index in [1.165, 1.54) is 16.7 Å². The van der Waals surface area contributed by atoms with Crippen LogP contribution in [0.2, 0.25) is 0 Å². The van der Waals surface area contributed by atoms with Crippen LogP contribution in [0.25, 0.3) is 17.2 Å². The summed E-state index contributed by atoms with van der Waals surface area (Å²) >= 11 is 0. The molecule has 1 fully saturated rings. The van der Waals surface area contributed by atoms with Crippen molar-refractivity contribution < 1.29 is 0 Å². The van der Waals surface area contributed by atoms with Crippen molar-refractivity contribution in [2.24, 2.45) is 5.92 Å². The lowest BCUT2D eigenvalue weighted by Gasteiger charge is -2.30. The molecule has 1 N–H and O–H groups in total. The summed E-state index contributed by atoms with van der Waals surface area (Å²) in [6.07, 6.45) is 8.57.